The fourth-order valence-electron chi connectivity index (χ4n) is 1.90. The van der Waals surface area contributed by atoms with Crippen molar-refractivity contribution in [2.45, 2.75) is 0 Å². The zero-order chi connectivity index (χ0) is 12.9. The molecule has 6 heteroatoms. The largest absolute Gasteiger partial charge is 0.456 e. The lowest BCUT2D eigenvalue weighted by Gasteiger charge is -1.95. The molecule has 90 valence electrons. The highest BCUT2D eigenvalue weighted by molar-refractivity contribution is 9.10. The van der Waals surface area contributed by atoms with Crippen molar-refractivity contribution in [2.24, 2.45) is 0 Å². The lowest BCUT2D eigenvalue weighted by Crippen LogP contribution is -1.88. The van der Waals surface area contributed by atoms with E-state index in [-0.39, 0.29) is 5.69 Å². The summed E-state index contributed by atoms with van der Waals surface area (Å²) in [6, 6.07) is 8.74. The number of benzene rings is 2. The van der Waals surface area contributed by atoms with E-state index in [1.807, 2.05) is 18.2 Å². The van der Waals surface area contributed by atoms with E-state index in [1.54, 1.807) is 6.07 Å². The summed E-state index contributed by atoms with van der Waals surface area (Å²) in [4.78, 5) is 10.5. The van der Waals surface area contributed by atoms with Crippen LogP contribution in [0.1, 0.15) is 0 Å². The minimum absolute atomic E-state index is 0.0326. The first-order valence-electron chi connectivity index (χ1n) is 5.02. The van der Waals surface area contributed by atoms with Crippen molar-refractivity contribution >= 4 is 59.5 Å². The van der Waals surface area contributed by atoms with Crippen LogP contribution in [-0.2, 0) is 0 Å². The maximum atomic E-state index is 10.9. The molecule has 0 bridgehead atoms. The summed E-state index contributed by atoms with van der Waals surface area (Å²) in [5.74, 6) is 0. The van der Waals surface area contributed by atoms with E-state index in [0.717, 1.165) is 15.2 Å². The van der Waals surface area contributed by atoms with Crippen LogP contribution in [0, 0.1) is 10.1 Å². The van der Waals surface area contributed by atoms with E-state index >= 15 is 0 Å². The molecular formula is C12H5Br2NO3. The molecular weight excluding hydrogens is 366 g/mol. The Hall–Kier alpha value is -1.40. The number of nitro benzene ring substituents is 1. The first-order valence-corrected chi connectivity index (χ1v) is 6.60. The Morgan fingerprint density at radius 1 is 1.06 bits per heavy atom. The second-order valence-corrected chi connectivity index (χ2v) is 5.57. The lowest BCUT2D eigenvalue weighted by molar-refractivity contribution is -0.385. The van der Waals surface area contributed by atoms with Crippen molar-refractivity contribution in [3.8, 4) is 0 Å². The summed E-state index contributed by atoms with van der Waals surface area (Å²) in [7, 11) is 0. The maximum Gasteiger partial charge on any atom is 0.284 e. The van der Waals surface area contributed by atoms with E-state index in [4.69, 9.17) is 4.42 Å². The van der Waals surface area contributed by atoms with Crippen LogP contribution in [0.25, 0.3) is 21.9 Å². The van der Waals surface area contributed by atoms with E-state index in [9.17, 15) is 10.1 Å². The van der Waals surface area contributed by atoms with Gasteiger partial charge in [0.25, 0.3) is 5.69 Å². The molecule has 0 aliphatic rings. The molecule has 0 radical (unpaired) electrons. The monoisotopic (exact) mass is 369 g/mol. The minimum atomic E-state index is -0.416. The van der Waals surface area contributed by atoms with Crippen LogP contribution in [0.3, 0.4) is 0 Å². The third kappa shape index (κ3) is 1.72. The van der Waals surface area contributed by atoms with Crippen molar-refractivity contribution in [1.29, 1.82) is 0 Å². The fourth-order valence-corrected chi connectivity index (χ4v) is 2.73. The molecule has 1 heterocycles. The van der Waals surface area contributed by atoms with Gasteiger partial charge in [0.05, 0.1) is 9.40 Å². The van der Waals surface area contributed by atoms with Gasteiger partial charge in [-0.15, -0.1) is 0 Å². The number of hydrogen-bond donors (Lipinski definition) is 0. The van der Waals surface area contributed by atoms with Crippen molar-refractivity contribution < 1.29 is 9.34 Å². The number of furan rings is 1. The molecule has 0 saturated heterocycles. The van der Waals surface area contributed by atoms with Crippen molar-refractivity contribution in [2.75, 3.05) is 0 Å². The van der Waals surface area contributed by atoms with E-state index < -0.39 is 4.92 Å². The van der Waals surface area contributed by atoms with Gasteiger partial charge in [-0.1, -0.05) is 15.9 Å². The van der Waals surface area contributed by atoms with Gasteiger partial charge in [0.2, 0.25) is 0 Å². The first-order chi connectivity index (χ1) is 8.56. The Morgan fingerprint density at radius 2 is 1.78 bits per heavy atom. The molecule has 0 aliphatic carbocycles. The van der Waals surface area contributed by atoms with Gasteiger partial charge in [-0.25, -0.2) is 0 Å². The SMILES string of the molecule is O=[N+]([O-])c1cc2c(cc1Br)oc1ccc(Br)cc12. The number of nitrogens with zero attached hydrogens (tertiary/aromatic N) is 1. The highest BCUT2D eigenvalue weighted by atomic mass is 79.9. The van der Waals surface area contributed by atoms with Gasteiger partial charge in [-0.3, -0.25) is 10.1 Å². The quantitative estimate of drug-likeness (QED) is 0.446. The number of rotatable bonds is 1. The Kier molecular flexibility index (Phi) is 2.64. The second kappa shape index (κ2) is 4.07. The Balaban J connectivity index is 2.46. The molecule has 0 aliphatic heterocycles. The average molecular weight is 371 g/mol. The summed E-state index contributed by atoms with van der Waals surface area (Å²) >= 11 is 6.56. The van der Waals surface area contributed by atoms with Gasteiger partial charge < -0.3 is 4.42 Å². The molecule has 0 unspecified atom stereocenters. The number of halogens is 2. The summed E-state index contributed by atoms with van der Waals surface area (Å²) in [6.07, 6.45) is 0. The summed E-state index contributed by atoms with van der Waals surface area (Å²) < 4.78 is 6.97. The van der Waals surface area contributed by atoms with Crippen LogP contribution in [0.5, 0.6) is 0 Å². The predicted molar refractivity (Wildman–Crippen MR) is 75.8 cm³/mol. The van der Waals surface area contributed by atoms with Crippen LogP contribution >= 0.6 is 31.9 Å². The molecule has 3 aromatic rings. The molecule has 0 fully saturated rings. The van der Waals surface area contributed by atoms with Crippen molar-refractivity contribution in [3.05, 3.63) is 49.4 Å². The third-order valence-corrected chi connectivity index (χ3v) is 3.83. The normalized spacial score (nSPS) is 11.2. The highest BCUT2D eigenvalue weighted by Gasteiger charge is 2.17. The summed E-state index contributed by atoms with van der Waals surface area (Å²) in [5, 5.41) is 12.5. The van der Waals surface area contributed by atoms with Crippen LogP contribution in [0.4, 0.5) is 5.69 Å². The second-order valence-electron chi connectivity index (χ2n) is 3.80. The van der Waals surface area contributed by atoms with Gasteiger partial charge >= 0.3 is 0 Å². The van der Waals surface area contributed by atoms with Gasteiger partial charge in [-0.2, -0.15) is 0 Å². The first kappa shape index (κ1) is 11.7. The molecule has 3 rings (SSSR count). The molecule has 0 atom stereocenters. The lowest BCUT2D eigenvalue weighted by atomic mass is 10.1. The topological polar surface area (TPSA) is 56.3 Å². The average Bonchev–Trinajstić information content (AvgIpc) is 2.64. The Labute approximate surface area is 118 Å². The summed E-state index contributed by atoms with van der Waals surface area (Å²) in [5.41, 5.74) is 1.37. The Bertz CT molecular complexity index is 795. The van der Waals surface area contributed by atoms with Crippen LogP contribution in [-0.4, -0.2) is 4.92 Å². The van der Waals surface area contributed by atoms with Crippen LogP contribution in [0.15, 0.2) is 43.7 Å². The van der Waals surface area contributed by atoms with Gasteiger partial charge in [0.1, 0.15) is 11.2 Å². The number of fused-ring (bicyclic) bond motifs is 3. The molecule has 0 N–H and O–H groups in total. The third-order valence-electron chi connectivity index (χ3n) is 2.70. The zero-order valence-electron chi connectivity index (χ0n) is 8.81. The maximum absolute atomic E-state index is 10.9. The molecule has 4 nitrogen and oxygen atoms in total. The van der Waals surface area contributed by atoms with Gasteiger partial charge in [0, 0.05) is 27.4 Å². The zero-order valence-corrected chi connectivity index (χ0v) is 12.0. The van der Waals surface area contributed by atoms with Crippen LogP contribution in [0.2, 0.25) is 0 Å². The number of hydrogen-bond acceptors (Lipinski definition) is 3. The molecule has 1 aromatic heterocycles. The van der Waals surface area contributed by atoms with Gasteiger partial charge in [0.15, 0.2) is 0 Å². The smallest absolute Gasteiger partial charge is 0.284 e. The molecule has 18 heavy (non-hydrogen) atoms. The molecule has 0 amide bonds. The molecule has 0 saturated carbocycles. The van der Waals surface area contributed by atoms with Gasteiger partial charge in [-0.05, 0) is 34.1 Å². The van der Waals surface area contributed by atoms with E-state index in [0.29, 0.717) is 15.6 Å². The van der Waals surface area contributed by atoms with Crippen molar-refractivity contribution in [3.63, 3.8) is 0 Å². The highest BCUT2D eigenvalue weighted by Crippen LogP contribution is 2.36. The van der Waals surface area contributed by atoms with E-state index in [2.05, 4.69) is 31.9 Å². The standard InChI is InChI=1S/C12H5Br2NO3/c13-6-1-2-11-7(3-6)8-4-10(15(16)17)9(14)5-12(8)18-11/h1-5H. The fraction of sp³-hybridized carbons (Fsp3) is 0. The van der Waals surface area contributed by atoms with Crippen LogP contribution < -0.4 is 0 Å². The van der Waals surface area contributed by atoms with Crippen molar-refractivity contribution in [1.82, 2.24) is 0 Å². The molecule has 0 spiro atoms. The molecule has 2 aromatic carbocycles. The predicted octanol–water partition coefficient (Wildman–Crippen LogP) is 5.02. The Morgan fingerprint density at radius 3 is 2.50 bits per heavy atom. The minimum Gasteiger partial charge on any atom is -0.456 e. The van der Waals surface area contributed by atoms with E-state index in [1.165, 1.54) is 6.07 Å². The summed E-state index contributed by atoms with van der Waals surface area (Å²) in [6.45, 7) is 0. The number of nitro groups is 1.